The number of carbonyl (C=O) groups is 1. The van der Waals surface area contributed by atoms with E-state index < -0.39 is 0 Å². The van der Waals surface area contributed by atoms with Crippen LogP contribution < -0.4 is 5.43 Å². The SMILES string of the molecule is CC(=O)C1CCCN(C)N1. The second-order valence-electron chi connectivity index (χ2n) is 2.86. The molecule has 1 heterocycles. The highest BCUT2D eigenvalue weighted by Crippen LogP contribution is 2.05. The summed E-state index contributed by atoms with van der Waals surface area (Å²) in [6, 6.07) is 0.0683. The highest BCUT2D eigenvalue weighted by atomic mass is 16.1. The molecule has 1 aliphatic rings. The van der Waals surface area contributed by atoms with Crippen LogP contribution in [0.3, 0.4) is 0 Å². The van der Waals surface area contributed by atoms with E-state index in [2.05, 4.69) is 5.43 Å². The first-order valence-electron chi connectivity index (χ1n) is 3.68. The molecule has 0 radical (unpaired) electrons. The number of hydrazine groups is 1. The Labute approximate surface area is 61.4 Å². The molecule has 1 fully saturated rings. The van der Waals surface area contributed by atoms with Gasteiger partial charge in [-0.05, 0) is 19.8 Å². The second-order valence-corrected chi connectivity index (χ2v) is 2.86. The first-order chi connectivity index (χ1) is 4.70. The molecule has 0 aromatic carbocycles. The molecule has 3 nitrogen and oxygen atoms in total. The molecule has 0 amide bonds. The van der Waals surface area contributed by atoms with E-state index in [1.165, 1.54) is 0 Å². The van der Waals surface area contributed by atoms with Gasteiger partial charge in [-0.2, -0.15) is 0 Å². The van der Waals surface area contributed by atoms with E-state index in [1.807, 2.05) is 12.1 Å². The molecule has 10 heavy (non-hydrogen) atoms. The molecule has 1 rings (SSSR count). The molecular formula is C7H14N2O. The van der Waals surface area contributed by atoms with Crippen molar-refractivity contribution in [3.05, 3.63) is 0 Å². The van der Waals surface area contributed by atoms with Crippen molar-refractivity contribution in [1.29, 1.82) is 0 Å². The van der Waals surface area contributed by atoms with Gasteiger partial charge in [-0.1, -0.05) is 0 Å². The Bertz CT molecular complexity index is 136. The number of Topliss-reactive ketones (excluding diaryl/α,β-unsaturated/α-hetero) is 1. The van der Waals surface area contributed by atoms with Crippen LogP contribution in [-0.2, 0) is 4.79 Å². The minimum Gasteiger partial charge on any atom is -0.298 e. The number of hydrogen-bond donors (Lipinski definition) is 1. The first kappa shape index (κ1) is 7.69. The summed E-state index contributed by atoms with van der Waals surface area (Å²) in [6.07, 6.45) is 2.10. The molecular weight excluding hydrogens is 128 g/mol. The predicted octanol–water partition coefficient (Wildman–Crippen LogP) is 0.174. The van der Waals surface area contributed by atoms with Gasteiger partial charge in [0.05, 0.1) is 6.04 Å². The third-order valence-corrected chi connectivity index (χ3v) is 1.85. The van der Waals surface area contributed by atoms with Crippen molar-refractivity contribution in [2.45, 2.75) is 25.8 Å². The third kappa shape index (κ3) is 1.78. The lowest BCUT2D eigenvalue weighted by Gasteiger charge is -2.29. The van der Waals surface area contributed by atoms with Crippen LogP contribution in [0.25, 0.3) is 0 Å². The molecule has 0 bridgehead atoms. The van der Waals surface area contributed by atoms with Crippen LogP contribution in [0.2, 0.25) is 0 Å². The molecule has 1 unspecified atom stereocenters. The van der Waals surface area contributed by atoms with E-state index in [0.717, 1.165) is 19.4 Å². The Morgan fingerprint density at radius 2 is 2.40 bits per heavy atom. The smallest absolute Gasteiger partial charge is 0.148 e. The summed E-state index contributed by atoms with van der Waals surface area (Å²) in [6.45, 7) is 2.68. The molecule has 0 aliphatic carbocycles. The van der Waals surface area contributed by atoms with E-state index in [1.54, 1.807) is 6.92 Å². The van der Waals surface area contributed by atoms with Crippen LogP contribution >= 0.6 is 0 Å². The highest BCUT2D eigenvalue weighted by molar-refractivity contribution is 5.81. The van der Waals surface area contributed by atoms with Gasteiger partial charge in [-0.25, -0.2) is 10.4 Å². The molecule has 0 aromatic heterocycles. The number of rotatable bonds is 1. The summed E-state index contributed by atoms with van der Waals surface area (Å²) in [7, 11) is 1.97. The van der Waals surface area contributed by atoms with Crippen LogP contribution in [0.15, 0.2) is 0 Å². The van der Waals surface area contributed by atoms with Crippen LogP contribution in [-0.4, -0.2) is 30.4 Å². The van der Waals surface area contributed by atoms with E-state index in [4.69, 9.17) is 0 Å². The largest absolute Gasteiger partial charge is 0.298 e. The lowest BCUT2D eigenvalue weighted by Crippen LogP contribution is -2.50. The zero-order valence-corrected chi connectivity index (χ0v) is 6.55. The Morgan fingerprint density at radius 3 is 2.80 bits per heavy atom. The van der Waals surface area contributed by atoms with Gasteiger partial charge in [0.15, 0.2) is 0 Å². The number of nitrogens with zero attached hydrogens (tertiary/aromatic N) is 1. The van der Waals surface area contributed by atoms with E-state index >= 15 is 0 Å². The van der Waals surface area contributed by atoms with E-state index in [-0.39, 0.29) is 11.8 Å². The maximum absolute atomic E-state index is 10.9. The van der Waals surface area contributed by atoms with Gasteiger partial charge in [0.25, 0.3) is 0 Å². The van der Waals surface area contributed by atoms with Gasteiger partial charge in [-0.15, -0.1) is 0 Å². The standard InChI is InChI=1S/C7H14N2O/c1-6(10)7-4-3-5-9(2)8-7/h7-8H,3-5H2,1-2H3. The quantitative estimate of drug-likeness (QED) is 0.566. The van der Waals surface area contributed by atoms with Gasteiger partial charge in [0.2, 0.25) is 0 Å². The summed E-state index contributed by atoms with van der Waals surface area (Å²) < 4.78 is 0. The predicted molar refractivity (Wildman–Crippen MR) is 39.5 cm³/mol. The molecule has 0 spiro atoms. The maximum atomic E-state index is 10.9. The molecule has 1 atom stereocenters. The van der Waals surface area contributed by atoms with Crippen LogP contribution in [0.1, 0.15) is 19.8 Å². The van der Waals surface area contributed by atoms with Crippen molar-refractivity contribution >= 4 is 5.78 Å². The Balaban J connectivity index is 2.39. The minimum atomic E-state index is 0.0683. The second kappa shape index (κ2) is 3.12. The molecule has 3 heteroatoms. The maximum Gasteiger partial charge on any atom is 0.148 e. The molecule has 1 aliphatic heterocycles. The number of hydrogen-bond acceptors (Lipinski definition) is 3. The van der Waals surface area contributed by atoms with Gasteiger partial charge < -0.3 is 0 Å². The minimum absolute atomic E-state index is 0.0683. The number of ketones is 1. The Morgan fingerprint density at radius 1 is 1.70 bits per heavy atom. The average Bonchev–Trinajstić information content (AvgIpc) is 1.88. The molecule has 0 aromatic rings. The van der Waals surface area contributed by atoms with Crippen molar-refractivity contribution in [2.24, 2.45) is 0 Å². The molecule has 58 valence electrons. The van der Waals surface area contributed by atoms with Crippen LogP contribution in [0, 0.1) is 0 Å². The summed E-state index contributed by atoms with van der Waals surface area (Å²) in [5.74, 6) is 0.242. The molecule has 0 saturated carbocycles. The van der Waals surface area contributed by atoms with Crippen molar-refractivity contribution in [3.63, 3.8) is 0 Å². The average molecular weight is 142 g/mol. The molecule has 1 saturated heterocycles. The van der Waals surface area contributed by atoms with E-state index in [9.17, 15) is 4.79 Å². The Kier molecular flexibility index (Phi) is 2.40. The van der Waals surface area contributed by atoms with Crippen LogP contribution in [0.5, 0.6) is 0 Å². The zero-order chi connectivity index (χ0) is 7.56. The highest BCUT2D eigenvalue weighted by Gasteiger charge is 2.19. The summed E-state index contributed by atoms with van der Waals surface area (Å²) in [4.78, 5) is 10.9. The Hall–Kier alpha value is -0.410. The van der Waals surface area contributed by atoms with Gasteiger partial charge in [-0.3, -0.25) is 4.79 Å². The van der Waals surface area contributed by atoms with Gasteiger partial charge >= 0.3 is 0 Å². The lowest BCUT2D eigenvalue weighted by atomic mass is 10.1. The topological polar surface area (TPSA) is 32.3 Å². The van der Waals surface area contributed by atoms with Gasteiger partial charge in [0, 0.05) is 13.6 Å². The van der Waals surface area contributed by atoms with Gasteiger partial charge in [0.1, 0.15) is 5.78 Å². The van der Waals surface area contributed by atoms with Crippen molar-refractivity contribution in [3.8, 4) is 0 Å². The number of nitrogens with one attached hydrogen (secondary N) is 1. The third-order valence-electron chi connectivity index (χ3n) is 1.85. The fraction of sp³-hybridized carbons (Fsp3) is 0.857. The summed E-state index contributed by atoms with van der Waals surface area (Å²) >= 11 is 0. The van der Waals surface area contributed by atoms with E-state index in [0.29, 0.717) is 0 Å². The fourth-order valence-corrected chi connectivity index (χ4v) is 1.22. The molecule has 1 N–H and O–H groups in total. The lowest BCUT2D eigenvalue weighted by molar-refractivity contribution is -0.121. The van der Waals surface area contributed by atoms with Crippen molar-refractivity contribution < 1.29 is 4.79 Å². The fourth-order valence-electron chi connectivity index (χ4n) is 1.22. The van der Waals surface area contributed by atoms with Crippen LogP contribution in [0.4, 0.5) is 0 Å². The normalized spacial score (nSPS) is 28.4. The first-order valence-corrected chi connectivity index (χ1v) is 3.68. The zero-order valence-electron chi connectivity index (χ0n) is 6.55. The summed E-state index contributed by atoms with van der Waals surface area (Å²) in [5, 5.41) is 1.98. The number of carbonyl (C=O) groups excluding carboxylic acids is 1. The van der Waals surface area contributed by atoms with Crippen molar-refractivity contribution in [1.82, 2.24) is 10.4 Å². The van der Waals surface area contributed by atoms with Crippen molar-refractivity contribution in [2.75, 3.05) is 13.6 Å². The monoisotopic (exact) mass is 142 g/mol. The summed E-state index contributed by atoms with van der Waals surface area (Å²) in [5.41, 5.74) is 3.10.